The second-order valence-corrected chi connectivity index (χ2v) is 4.45. The second-order valence-electron chi connectivity index (χ2n) is 4.02. The minimum atomic E-state index is -0.522. The number of carbonyl (C=O) groups is 2. The van der Waals surface area contributed by atoms with Gasteiger partial charge in [-0.2, -0.15) is 0 Å². The third kappa shape index (κ3) is 2.73. The topological polar surface area (TPSA) is 58.6 Å². The van der Waals surface area contributed by atoms with Crippen molar-refractivity contribution >= 4 is 29.3 Å². The number of halogens is 1. The van der Waals surface area contributed by atoms with Gasteiger partial charge in [0.25, 0.3) is 0 Å². The van der Waals surface area contributed by atoms with E-state index in [4.69, 9.17) is 11.6 Å². The van der Waals surface area contributed by atoms with Crippen LogP contribution in [0, 0.1) is 0 Å². The SMILES string of the molecule is COC(=O)N[C@@H]1CC(=O)N(c2ccc(Cl)cc2)C1. The molecule has 18 heavy (non-hydrogen) atoms. The van der Waals surface area contributed by atoms with Crippen molar-refractivity contribution < 1.29 is 14.3 Å². The molecule has 0 unspecified atom stereocenters. The summed E-state index contributed by atoms with van der Waals surface area (Å²) in [5.41, 5.74) is 0.776. The number of carbonyl (C=O) groups excluding carboxylic acids is 2. The van der Waals surface area contributed by atoms with E-state index < -0.39 is 6.09 Å². The smallest absolute Gasteiger partial charge is 0.407 e. The zero-order chi connectivity index (χ0) is 13.1. The van der Waals surface area contributed by atoms with Crippen LogP contribution >= 0.6 is 11.6 Å². The molecule has 0 saturated carbocycles. The molecule has 1 heterocycles. The summed E-state index contributed by atoms with van der Waals surface area (Å²) in [5, 5.41) is 3.24. The van der Waals surface area contributed by atoms with E-state index in [1.165, 1.54) is 7.11 Å². The van der Waals surface area contributed by atoms with Gasteiger partial charge in [-0.3, -0.25) is 4.79 Å². The zero-order valence-electron chi connectivity index (χ0n) is 9.85. The average molecular weight is 269 g/mol. The lowest BCUT2D eigenvalue weighted by molar-refractivity contribution is -0.117. The zero-order valence-corrected chi connectivity index (χ0v) is 10.6. The van der Waals surface area contributed by atoms with E-state index in [0.29, 0.717) is 11.6 Å². The van der Waals surface area contributed by atoms with Crippen molar-refractivity contribution in [1.29, 1.82) is 0 Å². The van der Waals surface area contributed by atoms with E-state index in [1.54, 1.807) is 29.2 Å². The first-order chi connectivity index (χ1) is 8.60. The number of hydrogen-bond acceptors (Lipinski definition) is 3. The lowest BCUT2D eigenvalue weighted by Crippen LogP contribution is -2.37. The highest BCUT2D eigenvalue weighted by Gasteiger charge is 2.31. The molecule has 2 rings (SSSR count). The fourth-order valence-electron chi connectivity index (χ4n) is 1.90. The van der Waals surface area contributed by atoms with Gasteiger partial charge in [0.1, 0.15) is 0 Å². The fourth-order valence-corrected chi connectivity index (χ4v) is 2.03. The molecular formula is C12H13ClN2O3. The molecule has 1 aliphatic rings. The lowest BCUT2D eigenvalue weighted by Gasteiger charge is -2.17. The van der Waals surface area contributed by atoms with Crippen LogP contribution in [0.5, 0.6) is 0 Å². The number of ether oxygens (including phenoxy) is 1. The number of benzene rings is 1. The Kier molecular flexibility index (Phi) is 3.72. The van der Waals surface area contributed by atoms with Crippen LogP contribution in [0.25, 0.3) is 0 Å². The Hall–Kier alpha value is -1.75. The van der Waals surface area contributed by atoms with Gasteiger partial charge in [-0.05, 0) is 24.3 Å². The molecule has 96 valence electrons. The third-order valence-corrected chi connectivity index (χ3v) is 3.02. The first-order valence-corrected chi connectivity index (χ1v) is 5.88. The van der Waals surface area contributed by atoms with Crippen molar-refractivity contribution in [2.24, 2.45) is 0 Å². The molecule has 0 bridgehead atoms. The van der Waals surface area contributed by atoms with Gasteiger partial charge < -0.3 is 15.0 Å². The summed E-state index contributed by atoms with van der Waals surface area (Å²) in [4.78, 5) is 24.5. The normalized spacial score (nSPS) is 18.9. The van der Waals surface area contributed by atoms with Crippen LogP contribution in [0.15, 0.2) is 24.3 Å². The van der Waals surface area contributed by atoms with Gasteiger partial charge in [0.05, 0.1) is 13.2 Å². The molecule has 6 heteroatoms. The molecule has 0 spiro atoms. The molecule has 1 aromatic carbocycles. The maximum Gasteiger partial charge on any atom is 0.407 e. The van der Waals surface area contributed by atoms with Gasteiger partial charge >= 0.3 is 6.09 Å². The monoisotopic (exact) mass is 268 g/mol. The summed E-state index contributed by atoms with van der Waals surface area (Å²) < 4.78 is 4.51. The summed E-state index contributed by atoms with van der Waals surface area (Å²) in [7, 11) is 1.29. The van der Waals surface area contributed by atoms with E-state index in [0.717, 1.165) is 5.69 Å². The van der Waals surface area contributed by atoms with E-state index in [-0.39, 0.29) is 18.4 Å². The Labute approximate surface area is 110 Å². The molecular weight excluding hydrogens is 256 g/mol. The third-order valence-electron chi connectivity index (χ3n) is 2.77. The Morgan fingerprint density at radius 1 is 1.44 bits per heavy atom. The average Bonchev–Trinajstić information content (AvgIpc) is 2.71. The molecule has 1 aliphatic heterocycles. The van der Waals surface area contributed by atoms with Crippen LogP contribution in [0.4, 0.5) is 10.5 Å². The molecule has 1 saturated heterocycles. The largest absolute Gasteiger partial charge is 0.453 e. The Bertz CT molecular complexity index is 461. The van der Waals surface area contributed by atoms with Crippen molar-refractivity contribution in [2.75, 3.05) is 18.6 Å². The molecule has 2 amide bonds. The summed E-state index contributed by atoms with van der Waals surface area (Å²) >= 11 is 5.79. The number of amides is 2. The first-order valence-electron chi connectivity index (χ1n) is 5.50. The van der Waals surface area contributed by atoms with Gasteiger partial charge in [-0.25, -0.2) is 4.79 Å². The summed E-state index contributed by atoms with van der Waals surface area (Å²) in [6, 6.07) is 6.79. The van der Waals surface area contributed by atoms with Gasteiger partial charge in [-0.15, -0.1) is 0 Å². The lowest BCUT2D eigenvalue weighted by atomic mass is 10.3. The molecule has 0 radical (unpaired) electrons. The maximum absolute atomic E-state index is 11.8. The molecule has 1 N–H and O–H groups in total. The van der Waals surface area contributed by atoms with Gasteiger partial charge in [-0.1, -0.05) is 11.6 Å². The number of nitrogens with zero attached hydrogens (tertiary/aromatic N) is 1. The molecule has 1 aromatic rings. The van der Waals surface area contributed by atoms with Gasteiger partial charge in [0.2, 0.25) is 5.91 Å². The van der Waals surface area contributed by atoms with Gasteiger partial charge in [0, 0.05) is 23.7 Å². The van der Waals surface area contributed by atoms with Crippen LogP contribution in [-0.4, -0.2) is 31.7 Å². The predicted molar refractivity (Wildman–Crippen MR) is 67.8 cm³/mol. The molecule has 5 nitrogen and oxygen atoms in total. The number of nitrogens with one attached hydrogen (secondary N) is 1. The van der Waals surface area contributed by atoms with E-state index >= 15 is 0 Å². The summed E-state index contributed by atoms with van der Waals surface area (Å²) in [6.45, 7) is 0.440. The minimum Gasteiger partial charge on any atom is -0.453 e. The second kappa shape index (κ2) is 5.27. The summed E-state index contributed by atoms with van der Waals surface area (Å²) in [6.07, 6.45) is -0.247. The predicted octanol–water partition coefficient (Wildman–Crippen LogP) is 1.80. The Balaban J connectivity index is 2.05. The quantitative estimate of drug-likeness (QED) is 0.890. The Morgan fingerprint density at radius 3 is 2.72 bits per heavy atom. The standard InChI is InChI=1S/C12H13ClN2O3/c1-18-12(17)14-9-6-11(16)15(7-9)10-4-2-8(13)3-5-10/h2-5,9H,6-7H2,1H3,(H,14,17)/t9-/m1/s1. The number of hydrogen-bond donors (Lipinski definition) is 1. The van der Waals surface area contributed by atoms with E-state index in [9.17, 15) is 9.59 Å². The minimum absolute atomic E-state index is 0.0290. The fraction of sp³-hybridized carbons (Fsp3) is 0.333. The number of anilines is 1. The highest BCUT2D eigenvalue weighted by molar-refractivity contribution is 6.30. The number of rotatable bonds is 2. The van der Waals surface area contributed by atoms with Crippen LogP contribution in [-0.2, 0) is 9.53 Å². The van der Waals surface area contributed by atoms with Gasteiger partial charge in [0.15, 0.2) is 0 Å². The molecule has 0 aromatic heterocycles. The highest BCUT2D eigenvalue weighted by Crippen LogP contribution is 2.23. The molecule has 1 atom stereocenters. The number of alkyl carbamates (subject to hydrolysis) is 1. The Morgan fingerprint density at radius 2 is 2.11 bits per heavy atom. The van der Waals surface area contributed by atoms with Crippen molar-refractivity contribution in [2.45, 2.75) is 12.5 Å². The molecule has 0 aliphatic carbocycles. The van der Waals surface area contributed by atoms with Crippen molar-refractivity contribution in [3.05, 3.63) is 29.3 Å². The first kappa shape index (κ1) is 12.7. The number of methoxy groups -OCH3 is 1. The highest BCUT2D eigenvalue weighted by atomic mass is 35.5. The van der Waals surface area contributed by atoms with E-state index in [2.05, 4.69) is 10.1 Å². The molecule has 1 fully saturated rings. The van der Waals surface area contributed by atoms with E-state index in [1.807, 2.05) is 0 Å². The van der Waals surface area contributed by atoms with Crippen LogP contribution in [0.1, 0.15) is 6.42 Å². The van der Waals surface area contributed by atoms with Crippen molar-refractivity contribution in [3.8, 4) is 0 Å². The van der Waals surface area contributed by atoms with Crippen molar-refractivity contribution in [3.63, 3.8) is 0 Å². The van der Waals surface area contributed by atoms with Crippen LogP contribution in [0.3, 0.4) is 0 Å². The van der Waals surface area contributed by atoms with Crippen LogP contribution in [0.2, 0.25) is 5.02 Å². The van der Waals surface area contributed by atoms with Crippen LogP contribution < -0.4 is 10.2 Å². The summed E-state index contributed by atoms with van der Waals surface area (Å²) in [5.74, 6) is -0.0290. The maximum atomic E-state index is 11.8. The van der Waals surface area contributed by atoms with Crippen molar-refractivity contribution in [1.82, 2.24) is 5.32 Å².